The number of amides is 1. The maximum Gasteiger partial charge on any atom is 0.338 e. The van der Waals surface area contributed by atoms with Gasteiger partial charge in [-0.25, -0.2) is 9.59 Å². The Balaban J connectivity index is 0.000000241. The molecule has 0 aromatic heterocycles. The fraction of sp³-hybridized carbons (Fsp3) is 0.222. The van der Waals surface area contributed by atoms with Crippen LogP contribution in [0, 0.1) is 0 Å². The van der Waals surface area contributed by atoms with Crippen LogP contribution in [0.5, 0.6) is 0 Å². The van der Waals surface area contributed by atoms with E-state index in [-0.39, 0.29) is 5.91 Å². The van der Waals surface area contributed by atoms with E-state index in [1.165, 1.54) is 6.08 Å². The van der Waals surface area contributed by atoms with Crippen LogP contribution in [0.15, 0.2) is 23.8 Å². The molecule has 5 nitrogen and oxygen atoms in total. The van der Waals surface area contributed by atoms with E-state index in [1.54, 1.807) is 0 Å². The number of allylic oxidation sites excluding steroid dienone is 1. The second-order valence-corrected chi connectivity index (χ2v) is 2.70. The summed E-state index contributed by atoms with van der Waals surface area (Å²) in [6.07, 6.45) is 3.56. The lowest BCUT2D eigenvalue weighted by atomic mass is 10.3. The highest BCUT2D eigenvalue weighted by molar-refractivity contribution is 6.04. The summed E-state index contributed by atoms with van der Waals surface area (Å²) in [5, 5.41) is 0. The molecule has 1 aliphatic heterocycles. The molecule has 0 unspecified atom stereocenters. The molecular formula is C9H11NO4. The molecule has 0 aliphatic carbocycles. The summed E-state index contributed by atoms with van der Waals surface area (Å²) in [7, 11) is 0. The zero-order chi connectivity index (χ0) is 11.1. The molecule has 0 aromatic rings. The molecule has 1 rings (SSSR count). The van der Waals surface area contributed by atoms with Crippen LogP contribution in [-0.2, 0) is 19.1 Å². The molecule has 0 aromatic carbocycles. The molecule has 1 amide bonds. The van der Waals surface area contributed by atoms with Crippen LogP contribution in [0.25, 0.3) is 0 Å². The van der Waals surface area contributed by atoms with E-state index in [1.807, 2.05) is 13.8 Å². The van der Waals surface area contributed by atoms with Crippen molar-refractivity contribution in [3.8, 4) is 0 Å². The first-order valence-corrected chi connectivity index (χ1v) is 3.80. The summed E-state index contributed by atoms with van der Waals surface area (Å²) in [4.78, 5) is 29.8. The molecule has 0 saturated heterocycles. The largest absolute Gasteiger partial charge is 0.387 e. The van der Waals surface area contributed by atoms with E-state index >= 15 is 0 Å². The quantitative estimate of drug-likeness (QED) is 0.366. The first-order valence-electron chi connectivity index (χ1n) is 3.80. The topological polar surface area (TPSA) is 86.5 Å². The van der Waals surface area contributed by atoms with Crippen molar-refractivity contribution in [2.75, 3.05) is 0 Å². The van der Waals surface area contributed by atoms with Crippen molar-refractivity contribution in [3.63, 3.8) is 0 Å². The van der Waals surface area contributed by atoms with E-state index in [0.717, 1.165) is 17.7 Å². The van der Waals surface area contributed by atoms with Crippen LogP contribution in [0.4, 0.5) is 0 Å². The Morgan fingerprint density at radius 2 is 1.71 bits per heavy atom. The summed E-state index contributed by atoms with van der Waals surface area (Å²) in [6, 6.07) is 0. The number of rotatable bonds is 1. The maximum atomic E-state index is 9.96. The summed E-state index contributed by atoms with van der Waals surface area (Å²) >= 11 is 0. The van der Waals surface area contributed by atoms with Gasteiger partial charge in [-0.1, -0.05) is 5.57 Å². The van der Waals surface area contributed by atoms with Gasteiger partial charge in [0.05, 0.1) is 0 Å². The van der Waals surface area contributed by atoms with Crippen molar-refractivity contribution in [1.82, 2.24) is 0 Å². The van der Waals surface area contributed by atoms with Crippen LogP contribution < -0.4 is 5.73 Å². The van der Waals surface area contributed by atoms with Gasteiger partial charge >= 0.3 is 11.9 Å². The van der Waals surface area contributed by atoms with Crippen LogP contribution in [0.3, 0.4) is 0 Å². The average molecular weight is 197 g/mol. The Morgan fingerprint density at radius 3 is 1.79 bits per heavy atom. The van der Waals surface area contributed by atoms with Crippen LogP contribution in [0.2, 0.25) is 0 Å². The van der Waals surface area contributed by atoms with E-state index in [2.05, 4.69) is 4.74 Å². The Bertz CT molecular complexity index is 295. The number of nitrogens with two attached hydrogens (primary N) is 1. The van der Waals surface area contributed by atoms with E-state index in [0.29, 0.717) is 0 Å². The number of cyclic esters (lactones) is 2. The summed E-state index contributed by atoms with van der Waals surface area (Å²) < 4.78 is 3.97. The van der Waals surface area contributed by atoms with E-state index in [4.69, 9.17) is 5.73 Å². The standard InChI is InChI=1S/C5H9NO.C4H2O3/c1-4(2)3-5(6)7;5-3-1-2-4(6)7-3/h3H,1-2H3,(H2,6,7);1-2H. The first-order chi connectivity index (χ1) is 6.41. The molecule has 0 spiro atoms. The lowest BCUT2D eigenvalue weighted by molar-refractivity contribution is -0.150. The first kappa shape index (κ1) is 12.1. The van der Waals surface area contributed by atoms with Crippen molar-refractivity contribution in [1.29, 1.82) is 0 Å². The van der Waals surface area contributed by atoms with Gasteiger partial charge in [0, 0.05) is 18.2 Å². The lowest BCUT2D eigenvalue weighted by Gasteiger charge is -1.80. The maximum absolute atomic E-state index is 9.96. The summed E-state index contributed by atoms with van der Waals surface area (Å²) in [6.45, 7) is 3.65. The molecule has 0 bridgehead atoms. The monoisotopic (exact) mass is 197 g/mol. The van der Waals surface area contributed by atoms with Gasteiger partial charge < -0.3 is 10.5 Å². The van der Waals surface area contributed by atoms with Gasteiger partial charge in [-0.05, 0) is 13.8 Å². The zero-order valence-corrected chi connectivity index (χ0v) is 7.94. The highest BCUT2D eigenvalue weighted by Gasteiger charge is 2.10. The molecule has 1 heterocycles. The molecule has 0 radical (unpaired) electrons. The number of hydrogen-bond acceptors (Lipinski definition) is 4. The second-order valence-electron chi connectivity index (χ2n) is 2.70. The van der Waals surface area contributed by atoms with Crippen molar-refractivity contribution < 1.29 is 19.1 Å². The van der Waals surface area contributed by atoms with Gasteiger partial charge in [0.1, 0.15) is 0 Å². The Labute approximate surface area is 81.2 Å². The number of primary amides is 1. The molecule has 0 fully saturated rings. The minimum absolute atomic E-state index is 0.375. The Kier molecular flexibility index (Phi) is 4.91. The molecule has 5 heteroatoms. The van der Waals surface area contributed by atoms with E-state index < -0.39 is 11.9 Å². The van der Waals surface area contributed by atoms with Crippen molar-refractivity contribution in [2.24, 2.45) is 5.73 Å². The number of carbonyl (C=O) groups is 3. The number of carbonyl (C=O) groups excluding carboxylic acids is 3. The Morgan fingerprint density at radius 1 is 1.29 bits per heavy atom. The van der Waals surface area contributed by atoms with Gasteiger partial charge in [0.25, 0.3) is 0 Å². The summed E-state index contributed by atoms with van der Waals surface area (Å²) in [5.41, 5.74) is 5.72. The number of esters is 2. The molecule has 76 valence electrons. The van der Waals surface area contributed by atoms with Crippen LogP contribution >= 0.6 is 0 Å². The number of ether oxygens (including phenoxy) is 1. The predicted molar refractivity (Wildman–Crippen MR) is 48.9 cm³/mol. The van der Waals surface area contributed by atoms with Crippen molar-refractivity contribution in [3.05, 3.63) is 23.8 Å². The summed E-state index contributed by atoms with van der Waals surface area (Å²) in [5.74, 6) is -1.53. The molecule has 14 heavy (non-hydrogen) atoms. The molecular weight excluding hydrogens is 186 g/mol. The molecule has 1 aliphatic rings. The highest BCUT2D eigenvalue weighted by atomic mass is 16.6. The van der Waals surface area contributed by atoms with Gasteiger partial charge in [0.15, 0.2) is 0 Å². The minimum atomic E-state index is -0.579. The molecule has 2 N–H and O–H groups in total. The van der Waals surface area contributed by atoms with Gasteiger partial charge in [-0.2, -0.15) is 0 Å². The van der Waals surface area contributed by atoms with E-state index in [9.17, 15) is 14.4 Å². The van der Waals surface area contributed by atoms with Gasteiger partial charge in [-0.3, -0.25) is 4.79 Å². The third kappa shape index (κ3) is 6.78. The third-order valence-corrected chi connectivity index (χ3v) is 0.988. The lowest BCUT2D eigenvalue weighted by Crippen LogP contribution is -2.05. The molecule has 0 atom stereocenters. The fourth-order valence-corrected chi connectivity index (χ4v) is 0.588. The normalized spacial score (nSPS) is 12.7. The number of hydrogen-bond donors (Lipinski definition) is 1. The van der Waals surface area contributed by atoms with Crippen molar-refractivity contribution >= 4 is 17.8 Å². The minimum Gasteiger partial charge on any atom is -0.387 e. The Hall–Kier alpha value is -1.91. The molecule has 0 saturated carbocycles. The van der Waals surface area contributed by atoms with Gasteiger partial charge in [0.2, 0.25) is 5.91 Å². The average Bonchev–Trinajstić information content (AvgIpc) is 2.32. The fourth-order valence-electron chi connectivity index (χ4n) is 0.588. The van der Waals surface area contributed by atoms with Crippen LogP contribution in [0.1, 0.15) is 13.8 Å². The highest BCUT2D eigenvalue weighted by Crippen LogP contribution is 1.92. The second kappa shape index (κ2) is 5.69. The predicted octanol–water partition coefficient (Wildman–Crippen LogP) is 0.0639. The smallest absolute Gasteiger partial charge is 0.338 e. The van der Waals surface area contributed by atoms with Crippen molar-refractivity contribution in [2.45, 2.75) is 13.8 Å². The van der Waals surface area contributed by atoms with Crippen LogP contribution in [-0.4, -0.2) is 17.8 Å². The van der Waals surface area contributed by atoms with Gasteiger partial charge in [-0.15, -0.1) is 0 Å². The third-order valence-electron chi connectivity index (χ3n) is 0.988. The SMILES string of the molecule is CC(C)=CC(N)=O.O=C1C=CC(=O)O1. The zero-order valence-electron chi connectivity index (χ0n) is 7.94.